The number of rotatable bonds is 3. The second-order valence-electron chi connectivity index (χ2n) is 3.41. The van der Waals surface area contributed by atoms with Gasteiger partial charge in [0, 0.05) is 19.5 Å². The Morgan fingerprint density at radius 2 is 2.07 bits per heavy atom. The molecule has 0 N–H and O–H groups in total. The number of thiocarbonyl (C=S) groups is 1. The van der Waals surface area contributed by atoms with E-state index < -0.39 is 0 Å². The molecule has 14 heavy (non-hydrogen) atoms. The van der Waals surface area contributed by atoms with Crippen LogP contribution in [0.1, 0.15) is 12.0 Å². The molecule has 0 amide bonds. The van der Waals surface area contributed by atoms with Crippen LogP contribution in [-0.2, 0) is 6.54 Å². The number of hydrogen-bond donors (Lipinski definition) is 0. The molecule has 3 heteroatoms. The van der Waals surface area contributed by atoms with E-state index in [0.717, 1.165) is 30.2 Å². The van der Waals surface area contributed by atoms with Crippen molar-refractivity contribution in [2.75, 3.05) is 13.7 Å². The van der Waals surface area contributed by atoms with Crippen molar-refractivity contribution in [3.05, 3.63) is 29.8 Å². The Balaban J connectivity index is 1.99. The summed E-state index contributed by atoms with van der Waals surface area (Å²) >= 11 is 5.15. The van der Waals surface area contributed by atoms with Gasteiger partial charge in [-0.2, -0.15) is 0 Å². The van der Waals surface area contributed by atoms with E-state index in [1.165, 1.54) is 5.56 Å². The molecule has 2 nitrogen and oxygen atoms in total. The van der Waals surface area contributed by atoms with E-state index in [4.69, 9.17) is 17.0 Å². The molecular formula is C11H13NOS. The van der Waals surface area contributed by atoms with Crippen LogP contribution < -0.4 is 4.74 Å². The Hall–Kier alpha value is -1.09. The standard InChI is InChI=1S/C11H13NOS/c1-13-10-4-2-9(3-5-10)8-12-7-6-11(12)14/h2-5H,6-8H2,1H3. The Morgan fingerprint density at radius 3 is 2.50 bits per heavy atom. The van der Waals surface area contributed by atoms with E-state index in [-0.39, 0.29) is 0 Å². The van der Waals surface area contributed by atoms with Gasteiger partial charge in [-0.05, 0) is 17.7 Å². The maximum absolute atomic E-state index is 5.15. The fourth-order valence-electron chi connectivity index (χ4n) is 1.48. The van der Waals surface area contributed by atoms with Crippen LogP contribution in [0.3, 0.4) is 0 Å². The third kappa shape index (κ3) is 1.87. The van der Waals surface area contributed by atoms with Gasteiger partial charge < -0.3 is 9.64 Å². The molecule has 1 aromatic carbocycles. The maximum Gasteiger partial charge on any atom is 0.118 e. The number of likely N-dealkylation sites (tertiary alicyclic amines) is 1. The summed E-state index contributed by atoms with van der Waals surface area (Å²) in [5.74, 6) is 0.903. The van der Waals surface area contributed by atoms with Gasteiger partial charge in [0.05, 0.1) is 12.1 Å². The van der Waals surface area contributed by atoms with Crippen molar-refractivity contribution < 1.29 is 4.74 Å². The van der Waals surface area contributed by atoms with Crippen LogP contribution >= 0.6 is 12.2 Å². The molecule has 1 saturated heterocycles. The van der Waals surface area contributed by atoms with Crippen molar-refractivity contribution >= 4 is 17.2 Å². The molecular weight excluding hydrogens is 194 g/mol. The molecule has 1 fully saturated rings. The summed E-state index contributed by atoms with van der Waals surface area (Å²) in [4.78, 5) is 3.30. The van der Waals surface area contributed by atoms with E-state index in [1.54, 1.807) is 7.11 Å². The number of hydrogen-bond acceptors (Lipinski definition) is 2. The molecule has 0 unspecified atom stereocenters. The van der Waals surface area contributed by atoms with Crippen molar-refractivity contribution in [1.82, 2.24) is 4.90 Å². The van der Waals surface area contributed by atoms with E-state index >= 15 is 0 Å². The lowest BCUT2D eigenvalue weighted by Crippen LogP contribution is -2.41. The topological polar surface area (TPSA) is 12.5 Å². The van der Waals surface area contributed by atoms with Crippen LogP contribution in [-0.4, -0.2) is 23.5 Å². The summed E-state index contributed by atoms with van der Waals surface area (Å²) in [5, 5.41) is 0. The predicted octanol–water partition coefficient (Wildman–Crippen LogP) is 2.23. The summed E-state index contributed by atoms with van der Waals surface area (Å²) < 4.78 is 5.10. The van der Waals surface area contributed by atoms with E-state index in [2.05, 4.69) is 17.0 Å². The van der Waals surface area contributed by atoms with Gasteiger partial charge >= 0.3 is 0 Å². The maximum atomic E-state index is 5.15. The smallest absolute Gasteiger partial charge is 0.118 e. The van der Waals surface area contributed by atoms with Crippen molar-refractivity contribution in [2.45, 2.75) is 13.0 Å². The summed E-state index contributed by atoms with van der Waals surface area (Å²) in [6.07, 6.45) is 1.07. The summed E-state index contributed by atoms with van der Waals surface area (Å²) in [5.41, 5.74) is 1.29. The Morgan fingerprint density at radius 1 is 1.36 bits per heavy atom. The van der Waals surface area contributed by atoms with Gasteiger partial charge in [-0.15, -0.1) is 0 Å². The van der Waals surface area contributed by atoms with Gasteiger partial charge in [0.1, 0.15) is 5.75 Å². The molecule has 0 spiro atoms. The largest absolute Gasteiger partial charge is 0.497 e. The normalized spacial score (nSPS) is 15.2. The van der Waals surface area contributed by atoms with E-state index in [1.807, 2.05) is 12.1 Å². The monoisotopic (exact) mass is 207 g/mol. The quantitative estimate of drug-likeness (QED) is 0.705. The first kappa shape index (κ1) is 9.46. The summed E-state index contributed by atoms with van der Waals surface area (Å²) in [6, 6.07) is 8.13. The lowest BCUT2D eigenvalue weighted by molar-refractivity contribution is 0.362. The minimum absolute atomic E-state index is 0.903. The summed E-state index contributed by atoms with van der Waals surface area (Å²) in [7, 11) is 1.68. The zero-order valence-electron chi connectivity index (χ0n) is 8.19. The molecule has 0 aromatic heterocycles. The Bertz CT molecular complexity index is 334. The minimum Gasteiger partial charge on any atom is -0.497 e. The molecule has 0 aliphatic carbocycles. The first-order valence-electron chi connectivity index (χ1n) is 4.70. The minimum atomic E-state index is 0.903. The fourth-order valence-corrected chi connectivity index (χ4v) is 1.73. The SMILES string of the molecule is COc1ccc(CN2CCC2=S)cc1. The highest BCUT2D eigenvalue weighted by molar-refractivity contribution is 7.80. The average Bonchev–Trinajstić information content (AvgIpc) is 2.24. The molecule has 0 atom stereocenters. The van der Waals surface area contributed by atoms with Gasteiger partial charge in [0.15, 0.2) is 0 Å². The highest BCUT2D eigenvalue weighted by atomic mass is 32.1. The number of benzene rings is 1. The van der Waals surface area contributed by atoms with Crippen molar-refractivity contribution in [3.8, 4) is 5.75 Å². The third-order valence-electron chi connectivity index (χ3n) is 2.48. The zero-order chi connectivity index (χ0) is 9.97. The van der Waals surface area contributed by atoms with Crippen LogP contribution in [0.2, 0.25) is 0 Å². The fraction of sp³-hybridized carbons (Fsp3) is 0.364. The second kappa shape index (κ2) is 3.96. The van der Waals surface area contributed by atoms with Crippen LogP contribution in [0.15, 0.2) is 24.3 Å². The number of ether oxygens (including phenoxy) is 1. The van der Waals surface area contributed by atoms with E-state index in [9.17, 15) is 0 Å². The van der Waals surface area contributed by atoms with Crippen molar-refractivity contribution in [2.24, 2.45) is 0 Å². The second-order valence-corrected chi connectivity index (χ2v) is 3.88. The average molecular weight is 207 g/mol. The Kier molecular flexibility index (Phi) is 2.68. The Labute approximate surface area is 89.5 Å². The van der Waals surface area contributed by atoms with Gasteiger partial charge in [-0.25, -0.2) is 0 Å². The molecule has 0 radical (unpaired) electrons. The van der Waals surface area contributed by atoms with Gasteiger partial charge in [0.2, 0.25) is 0 Å². The number of nitrogens with zero attached hydrogens (tertiary/aromatic N) is 1. The number of methoxy groups -OCH3 is 1. The zero-order valence-corrected chi connectivity index (χ0v) is 9.01. The predicted molar refractivity (Wildman–Crippen MR) is 60.6 cm³/mol. The van der Waals surface area contributed by atoms with Crippen molar-refractivity contribution in [1.29, 1.82) is 0 Å². The first-order valence-corrected chi connectivity index (χ1v) is 5.11. The van der Waals surface area contributed by atoms with Crippen LogP contribution in [0, 0.1) is 0 Å². The highest BCUT2D eigenvalue weighted by Gasteiger charge is 2.18. The molecule has 0 bridgehead atoms. The van der Waals surface area contributed by atoms with Crippen LogP contribution in [0.4, 0.5) is 0 Å². The van der Waals surface area contributed by atoms with Gasteiger partial charge in [-0.3, -0.25) is 0 Å². The van der Waals surface area contributed by atoms with Crippen LogP contribution in [0.25, 0.3) is 0 Å². The molecule has 74 valence electrons. The molecule has 2 rings (SSSR count). The lowest BCUT2D eigenvalue weighted by atomic mass is 10.1. The molecule has 1 aromatic rings. The lowest BCUT2D eigenvalue weighted by Gasteiger charge is -2.33. The van der Waals surface area contributed by atoms with Gasteiger partial charge in [0.25, 0.3) is 0 Å². The molecule has 1 aliphatic heterocycles. The summed E-state index contributed by atoms with van der Waals surface area (Å²) in [6.45, 7) is 2.04. The van der Waals surface area contributed by atoms with E-state index in [0.29, 0.717) is 0 Å². The van der Waals surface area contributed by atoms with Crippen molar-refractivity contribution in [3.63, 3.8) is 0 Å². The first-order chi connectivity index (χ1) is 6.79. The molecule has 1 aliphatic rings. The molecule has 0 saturated carbocycles. The highest BCUT2D eigenvalue weighted by Crippen LogP contribution is 2.17. The van der Waals surface area contributed by atoms with Gasteiger partial charge in [-0.1, -0.05) is 24.4 Å². The third-order valence-corrected chi connectivity index (χ3v) is 2.94. The van der Waals surface area contributed by atoms with Crippen LogP contribution in [0.5, 0.6) is 5.75 Å². The molecule has 1 heterocycles.